The second-order valence-corrected chi connectivity index (χ2v) is 9.16. The number of hydrogen-bond donors (Lipinski definition) is 1. The number of aryl methyl sites for hydroxylation is 1. The van der Waals surface area contributed by atoms with Crippen LogP contribution in [-0.2, 0) is 24.2 Å². The van der Waals surface area contributed by atoms with Crippen LogP contribution in [0.25, 0.3) is 0 Å². The first-order valence-corrected chi connectivity index (χ1v) is 13.1. The van der Waals surface area contributed by atoms with E-state index in [1.165, 1.54) is 0 Å². The van der Waals surface area contributed by atoms with Crippen molar-refractivity contribution in [3.8, 4) is 11.5 Å². The van der Waals surface area contributed by atoms with E-state index in [1.54, 1.807) is 36.3 Å². The van der Waals surface area contributed by atoms with E-state index in [0.717, 1.165) is 29.7 Å². The molecule has 8 heteroatoms. The van der Waals surface area contributed by atoms with Gasteiger partial charge in [-0.05, 0) is 67.6 Å². The van der Waals surface area contributed by atoms with Gasteiger partial charge in [-0.2, -0.15) is 0 Å². The number of nitrogens with one attached hydrogen (secondary N) is 1. The van der Waals surface area contributed by atoms with Crippen LogP contribution < -0.4 is 14.8 Å². The van der Waals surface area contributed by atoms with Crippen molar-refractivity contribution in [2.75, 3.05) is 32.6 Å². The largest absolute Gasteiger partial charge is 0.493 e. The molecular weight excluding hydrogens is 482 g/mol. The van der Waals surface area contributed by atoms with Gasteiger partial charge in [0.25, 0.3) is 0 Å². The molecule has 1 unspecified atom stereocenters. The van der Waals surface area contributed by atoms with Crippen molar-refractivity contribution >= 4 is 17.6 Å². The Morgan fingerprint density at radius 1 is 1.00 bits per heavy atom. The second kappa shape index (κ2) is 14.1. The molecule has 0 aliphatic heterocycles. The molecule has 204 valence electrons. The molecule has 1 heterocycles. The van der Waals surface area contributed by atoms with Gasteiger partial charge >= 0.3 is 6.03 Å². The minimum atomic E-state index is -0.286. The third-order valence-electron chi connectivity index (χ3n) is 6.73. The molecule has 3 rings (SSSR count). The highest BCUT2D eigenvalue weighted by molar-refractivity contribution is 5.93. The lowest BCUT2D eigenvalue weighted by Crippen LogP contribution is -2.48. The molecule has 8 nitrogen and oxygen atoms in total. The highest BCUT2D eigenvalue weighted by Gasteiger charge is 2.26. The van der Waals surface area contributed by atoms with Gasteiger partial charge in [0.2, 0.25) is 5.91 Å². The van der Waals surface area contributed by atoms with Crippen LogP contribution >= 0.6 is 0 Å². The minimum absolute atomic E-state index is 0.0399. The van der Waals surface area contributed by atoms with Crippen LogP contribution in [0.3, 0.4) is 0 Å². The summed E-state index contributed by atoms with van der Waals surface area (Å²) in [6, 6.07) is 16.7. The number of furan rings is 1. The molecule has 0 saturated heterocycles. The molecule has 3 aromatic rings. The number of carbonyl (C=O) groups excluding carboxylic acids is 2. The Bertz CT molecular complexity index is 1180. The number of ether oxygens (including phenoxy) is 2. The highest BCUT2D eigenvalue weighted by atomic mass is 16.5. The first-order valence-electron chi connectivity index (χ1n) is 13.1. The Morgan fingerprint density at radius 3 is 2.42 bits per heavy atom. The van der Waals surface area contributed by atoms with Gasteiger partial charge in [0.15, 0.2) is 11.5 Å². The maximum atomic E-state index is 13.6. The van der Waals surface area contributed by atoms with E-state index in [0.29, 0.717) is 36.8 Å². The van der Waals surface area contributed by atoms with E-state index in [9.17, 15) is 9.59 Å². The van der Waals surface area contributed by atoms with Crippen molar-refractivity contribution in [2.45, 2.75) is 52.6 Å². The summed E-state index contributed by atoms with van der Waals surface area (Å²) in [5, 5.41) is 3.02. The molecule has 38 heavy (non-hydrogen) atoms. The van der Waals surface area contributed by atoms with E-state index >= 15 is 0 Å². The third kappa shape index (κ3) is 7.54. The van der Waals surface area contributed by atoms with Gasteiger partial charge in [-0.15, -0.1) is 0 Å². The topological polar surface area (TPSA) is 84.3 Å². The number of methoxy groups -OCH3 is 2. The monoisotopic (exact) mass is 521 g/mol. The predicted octanol–water partition coefficient (Wildman–Crippen LogP) is 5.76. The van der Waals surface area contributed by atoms with Crippen molar-refractivity contribution in [1.82, 2.24) is 9.80 Å². The summed E-state index contributed by atoms with van der Waals surface area (Å²) in [7, 11) is 3.20. The fourth-order valence-corrected chi connectivity index (χ4v) is 4.21. The number of benzene rings is 2. The zero-order chi connectivity index (χ0) is 27.5. The van der Waals surface area contributed by atoms with Gasteiger partial charge in [0.1, 0.15) is 12.3 Å². The van der Waals surface area contributed by atoms with E-state index < -0.39 is 0 Å². The van der Waals surface area contributed by atoms with Crippen LogP contribution in [0.15, 0.2) is 65.3 Å². The SMILES string of the molecule is CCc1ccccc1NC(=O)N(CC(=O)N(CCc1ccc(OC)c(OC)c1)Cc1ccco1)C(C)CC. The summed E-state index contributed by atoms with van der Waals surface area (Å²) in [5.74, 6) is 1.82. The lowest BCUT2D eigenvalue weighted by molar-refractivity contribution is -0.133. The van der Waals surface area contributed by atoms with Gasteiger partial charge in [-0.1, -0.05) is 38.1 Å². The third-order valence-corrected chi connectivity index (χ3v) is 6.73. The molecule has 3 amide bonds. The second-order valence-electron chi connectivity index (χ2n) is 9.16. The van der Waals surface area contributed by atoms with Gasteiger partial charge in [-0.25, -0.2) is 4.79 Å². The van der Waals surface area contributed by atoms with Gasteiger partial charge < -0.3 is 29.0 Å². The molecule has 1 N–H and O–H groups in total. The lowest BCUT2D eigenvalue weighted by Gasteiger charge is -2.31. The molecule has 0 fully saturated rings. The maximum absolute atomic E-state index is 13.6. The number of anilines is 1. The normalized spacial score (nSPS) is 11.5. The van der Waals surface area contributed by atoms with Gasteiger partial charge in [0.05, 0.1) is 27.0 Å². The van der Waals surface area contributed by atoms with Crippen molar-refractivity contribution in [2.24, 2.45) is 0 Å². The quantitative estimate of drug-likeness (QED) is 0.309. The number of rotatable bonds is 13. The Kier molecular flexibility index (Phi) is 10.6. The maximum Gasteiger partial charge on any atom is 0.322 e. The summed E-state index contributed by atoms with van der Waals surface area (Å²) < 4.78 is 16.3. The van der Waals surface area contributed by atoms with Crippen LogP contribution in [0.4, 0.5) is 10.5 Å². The average molecular weight is 522 g/mol. The number of carbonyl (C=O) groups is 2. The lowest BCUT2D eigenvalue weighted by atomic mass is 10.1. The molecular formula is C30H39N3O5. The minimum Gasteiger partial charge on any atom is -0.493 e. The fraction of sp³-hybridized carbons (Fsp3) is 0.400. The number of urea groups is 1. The molecule has 1 atom stereocenters. The standard InChI is InChI=1S/C30H39N3O5/c1-6-22(3)33(30(35)31-26-13-9-8-11-24(26)7-2)21-29(34)32(20-25-12-10-18-38-25)17-16-23-14-15-27(36-4)28(19-23)37-5/h8-15,18-19,22H,6-7,16-17,20-21H2,1-5H3,(H,31,35). The number of amides is 3. The zero-order valence-corrected chi connectivity index (χ0v) is 23.0. The van der Waals surface area contributed by atoms with Crippen molar-refractivity contribution < 1.29 is 23.5 Å². The van der Waals surface area contributed by atoms with E-state index in [2.05, 4.69) is 5.32 Å². The molecule has 1 aromatic heterocycles. The van der Waals surface area contributed by atoms with Crippen LogP contribution in [-0.4, -0.2) is 55.1 Å². The van der Waals surface area contributed by atoms with Crippen LogP contribution in [0.2, 0.25) is 0 Å². The van der Waals surface area contributed by atoms with Crippen LogP contribution in [0.5, 0.6) is 11.5 Å². The van der Waals surface area contributed by atoms with Crippen molar-refractivity contribution in [3.05, 3.63) is 77.7 Å². The molecule has 0 spiro atoms. The van der Waals surface area contributed by atoms with Gasteiger partial charge in [0, 0.05) is 18.3 Å². The molecule has 0 bridgehead atoms. The summed E-state index contributed by atoms with van der Waals surface area (Å²) in [5.41, 5.74) is 2.82. The number of para-hydroxylation sites is 1. The summed E-state index contributed by atoms with van der Waals surface area (Å²) in [4.78, 5) is 30.4. The molecule has 2 aromatic carbocycles. The van der Waals surface area contributed by atoms with E-state index in [-0.39, 0.29) is 24.5 Å². The number of nitrogens with zero attached hydrogens (tertiary/aromatic N) is 2. The van der Waals surface area contributed by atoms with Gasteiger partial charge in [-0.3, -0.25) is 4.79 Å². The summed E-state index contributed by atoms with van der Waals surface area (Å²) >= 11 is 0. The Labute approximate surface area is 225 Å². The van der Waals surface area contributed by atoms with E-state index in [4.69, 9.17) is 13.9 Å². The zero-order valence-electron chi connectivity index (χ0n) is 23.0. The fourth-order valence-electron chi connectivity index (χ4n) is 4.21. The van der Waals surface area contributed by atoms with E-state index in [1.807, 2.05) is 69.3 Å². The first kappa shape index (κ1) is 28.6. The first-order chi connectivity index (χ1) is 18.4. The Morgan fingerprint density at radius 2 is 1.76 bits per heavy atom. The molecule has 0 radical (unpaired) electrons. The number of hydrogen-bond acceptors (Lipinski definition) is 5. The molecule has 0 saturated carbocycles. The highest BCUT2D eigenvalue weighted by Crippen LogP contribution is 2.28. The Hall–Kier alpha value is -3.94. The van der Waals surface area contributed by atoms with Crippen LogP contribution in [0, 0.1) is 0 Å². The molecule has 0 aliphatic rings. The summed E-state index contributed by atoms with van der Waals surface area (Å²) in [6.07, 6.45) is 3.72. The Balaban J connectivity index is 1.77. The molecule has 0 aliphatic carbocycles. The van der Waals surface area contributed by atoms with Crippen molar-refractivity contribution in [3.63, 3.8) is 0 Å². The average Bonchev–Trinajstić information content (AvgIpc) is 3.46. The van der Waals surface area contributed by atoms with Crippen LogP contribution in [0.1, 0.15) is 44.1 Å². The summed E-state index contributed by atoms with van der Waals surface area (Å²) in [6.45, 7) is 6.73. The van der Waals surface area contributed by atoms with Crippen molar-refractivity contribution in [1.29, 1.82) is 0 Å². The predicted molar refractivity (Wildman–Crippen MR) is 149 cm³/mol. The smallest absolute Gasteiger partial charge is 0.322 e.